The van der Waals surface area contributed by atoms with Crippen molar-refractivity contribution in [2.45, 2.75) is 27.2 Å². The average molecular weight is 202 g/mol. The van der Waals surface area contributed by atoms with Crippen LogP contribution in [0.2, 0.25) is 0 Å². The second kappa shape index (κ2) is 5.41. The zero-order chi connectivity index (χ0) is 11.3. The molecule has 0 saturated heterocycles. The minimum atomic E-state index is 0.740. The van der Waals surface area contributed by atoms with E-state index in [0.29, 0.717) is 0 Å². The van der Waals surface area contributed by atoms with Gasteiger partial charge in [0, 0.05) is 18.8 Å². The van der Waals surface area contributed by atoms with E-state index in [1.165, 1.54) is 11.3 Å². The van der Waals surface area contributed by atoms with E-state index in [-0.39, 0.29) is 0 Å². The van der Waals surface area contributed by atoms with Crippen molar-refractivity contribution in [1.82, 2.24) is 0 Å². The highest BCUT2D eigenvalue weighted by molar-refractivity contribution is 5.56. The molecule has 2 heteroatoms. The smallest absolute Gasteiger partial charge is 0.0991 e. The maximum atomic E-state index is 8.79. The van der Waals surface area contributed by atoms with Gasteiger partial charge in [0.1, 0.15) is 0 Å². The molecule has 80 valence electrons. The first-order valence-corrected chi connectivity index (χ1v) is 5.48. The van der Waals surface area contributed by atoms with Crippen molar-refractivity contribution in [2.75, 3.05) is 18.0 Å². The molecular formula is C13H18N2. The molecule has 1 aromatic carbocycles. The van der Waals surface area contributed by atoms with Crippen molar-refractivity contribution in [1.29, 1.82) is 5.26 Å². The minimum Gasteiger partial charge on any atom is -0.372 e. The lowest BCUT2D eigenvalue weighted by molar-refractivity contribution is 0.789. The topological polar surface area (TPSA) is 27.0 Å². The number of anilines is 1. The summed E-state index contributed by atoms with van der Waals surface area (Å²) in [5.74, 6) is 0. The largest absolute Gasteiger partial charge is 0.372 e. The number of nitrogens with zero attached hydrogens (tertiary/aromatic N) is 2. The molecule has 0 aliphatic heterocycles. The fraction of sp³-hybridized carbons (Fsp3) is 0.462. The van der Waals surface area contributed by atoms with Crippen LogP contribution in [0.5, 0.6) is 0 Å². The zero-order valence-corrected chi connectivity index (χ0v) is 9.75. The third kappa shape index (κ3) is 2.73. The van der Waals surface area contributed by atoms with Crippen LogP contribution in [-0.4, -0.2) is 13.1 Å². The lowest BCUT2D eigenvalue weighted by Gasteiger charge is -2.24. The molecule has 0 saturated carbocycles. The Kier molecular flexibility index (Phi) is 4.17. The van der Waals surface area contributed by atoms with Crippen LogP contribution in [0, 0.1) is 18.3 Å². The second-order valence-corrected chi connectivity index (χ2v) is 3.69. The number of hydrogen-bond donors (Lipinski definition) is 0. The van der Waals surface area contributed by atoms with Gasteiger partial charge in [-0.05, 0) is 44.0 Å². The van der Waals surface area contributed by atoms with E-state index >= 15 is 0 Å². The first-order valence-electron chi connectivity index (χ1n) is 5.48. The summed E-state index contributed by atoms with van der Waals surface area (Å²) in [5, 5.41) is 8.79. The van der Waals surface area contributed by atoms with E-state index in [1.54, 1.807) is 0 Å². The van der Waals surface area contributed by atoms with Gasteiger partial charge in [-0.1, -0.05) is 6.92 Å². The lowest BCUT2D eigenvalue weighted by Crippen LogP contribution is -2.24. The Balaban J connectivity index is 2.98. The highest BCUT2D eigenvalue weighted by Gasteiger charge is 2.06. The first-order chi connectivity index (χ1) is 7.22. The SMILES string of the molecule is CCCN(CC)c1ccc(C#N)cc1C. The average Bonchev–Trinajstić information content (AvgIpc) is 2.26. The summed E-state index contributed by atoms with van der Waals surface area (Å²) >= 11 is 0. The Labute approximate surface area is 92.1 Å². The van der Waals surface area contributed by atoms with Crippen molar-refractivity contribution in [2.24, 2.45) is 0 Å². The molecule has 0 bridgehead atoms. The van der Waals surface area contributed by atoms with Crippen LogP contribution in [0.1, 0.15) is 31.4 Å². The highest BCUT2D eigenvalue weighted by atomic mass is 15.1. The third-order valence-corrected chi connectivity index (χ3v) is 2.54. The van der Waals surface area contributed by atoms with Gasteiger partial charge in [-0.2, -0.15) is 5.26 Å². The van der Waals surface area contributed by atoms with Crippen molar-refractivity contribution >= 4 is 5.69 Å². The molecule has 15 heavy (non-hydrogen) atoms. The Morgan fingerprint density at radius 2 is 2.07 bits per heavy atom. The summed E-state index contributed by atoms with van der Waals surface area (Å²) < 4.78 is 0. The van der Waals surface area contributed by atoms with E-state index in [2.05, 4.69) is 31.7 Å². The van der Waals surface area contributed by atoms with Gasteiger partial charge in [-0.15, -0.1) is 0 Å². The zero-order valence-electron chi connectivity index (χ0n) is 9.75. The van der Waals surface area contributed by atoms with Gasteiger partial charge in [0.2, 0.25) is 0 Å². The Morgan fingerprint density at radius 3 is 2.53 bits per heavy atom. The summed E-state index contributed by atoms with van der Waals surface area (Å²) in [7, 11) is 0. The number of aryl methyl sites for hydroxylation is 1. The standard InChI is InChI=1S/C13H18N2/c1-4-8-15(5-2)13-7-6-12(10-14)9-11(13)3/h6-7,9H,4-5,8H2,1-3H3. The van der Waals surface area contributed by atoms with E-state index in [1.807, 2.05) is 18.2 Å². The molecule has 0 atom stereocenters. The lowest BCUT2D eigenvalue weighted by atomic mass is 10.1. The maximum absolute atomic E-state index is 8.79. The highest BCUT2D eigenvalue weighted by Crippen LogP contribution is 2.21. The molecule has 0 radical (unpaired) electrons. The summed E-state index contributed by atoms with van der Waals surface area (Å²) in [6, 6.07) is 8.06. The molecule has 0 amide bonds. The molecule has 0 spiro atoms. The van der Waals surface area contributed by atoms with Crippen LogP contribution in [0.15, 0.2) is 18.2 Å². The van der Waals surface area contributed by atoms with E-state index in [9.17, 15) is 0 Å². The van der Waals surface area contributed by atoms with Crippen molar-refractivity contribution < 1.29 is 0 Å². The van der Waals surface area contributed by atoms with Crippen LogP contribution in [-0.2, 0) is 0 Å². The molecule has 1 aromatic rings. The monoisotopic (exact) mass is 202 g/mol. The Bertz CT molecular complexity index is 363. The molecule has 0 aromatic heterocycles. The summed E-state index contributed by atoms with van der Waals surface area (Å²) in [4.78, 5) is 2.34. The first kappa shape index (κ1) is 11.6. The quantitative estimate of drug-likeness (QED) is 0.750. The fourth-order valence-electron chi connectivity index (χ4n) is 1.80. The van der Waals surface area contributed by atoms with Crippen molar-refractivity contribution in [3.05, 3.63) is 29.3 Å². The number of hydrogen-bond acceptors (Lipinski definition) is 2. The number of benzene rings is 1. The molecule has 1 rings (SSSR count). The van der Waals surface area contributed by atoms with Crippen LogP contribution in [0.3, 0.4) is 0 Å². The van der Waals surface area contributed by atoms with Gasteiger partial charge in [-0.25, -0.2) is 0 Å². The van der Waals surface area contributed by atoms with Crippen LogP contribution < -0.4 is 4.90 Å². The predicted octanol–water partition coefficient (Wildman–Crippen LogP) is 3.10. The molecule has 0 aliphatic rings. The minimum absolute atomic E-state index is 0.740. The molecule has 0 fully saturated rings. The van der Waals surface area contributed by atoms with Gasteiger partial charge in [-0.3, -0.25) is 0 Å². The van der Waals surface area contributed by atoms with E-state index in [0.717, 1.165) is 25.1 Å². The molecular weight excluding hydrogens is 184 g/mol. The van der Waals surface area contributed by atoms with E-state index in [4.69, 9.17) is 5.26 Å². The fourth-order valence-corrected chi connectivity index (χ4v) is 1.80. The van der Waals surface area contributed by atoms with Gasteiger partial charge in [0.25, 0.3) is 0 Å². The summed E-state index contributed by atoms with van der Waals surface area (Å²) in [6.45, 7) is 8.49. The number of nitriles is 1. The molecule has 0 N–H and O–H groups in total. The van der Waals surface area contributed by atoms with Crippen LogP contribution in [0.25, 0.3) is 0 Å². The summed E-state index contributed by atoms with van der Waals surface area (Å²) in [6.07, 6.45) is 1.15. The molecule has 0 unspecified atom stereocenters. The van der Waals surface area contributed by atoms with Gasteiger partial charge in [0.05, 0.1) is 11.6 Å². The maximum Gasteiger partial charge on any atom is 0.0991 e. The normalized spacial score (nSPS) is 9.73. The van der Waals surface area contributed by atoms with E-state index < -0.39 is 0 Å². The molecule has 0 heterocycles. The van der Waals surface area contributed by atoms with Gasteiger partial charge >= 0.3 is 0 Å². The molecule has 0 aliphatic carbocycles. The molecule has 2 nitrogen and oxygen atoms in total. The predicted molar refractivity (Wildman–Crippen MR) is 64.1 cm³/mol. The second-order valence-electron chi connectivity index (χ2n) is 3.69. The van der Waals surface area contributed by atoms with Crippen LogP contribution >= 0.6 is 0 Å². The van der Waals surface area contributed by atoms with Gasteiger partial charge in [0.15, 0.2) is 0 Å². The third-order valence-electron chi connectivity index (χ3n) is 2.54. The van der Waals surface area contributed by atoms with Gasteiger partial charge < -0.3 is 4.90 Å². The van der Waals surface area contributed by atoms with Crippen molar-refractivity contribution in [3.8, 4) is 6.07 Å². The van der Waals surface area contributed by atoms with Crippen LogP contribution in [0.4, 0.5) is 5.69 Å². The Hall–Kier alpha value is -1.49. The summed E-state index contributed by atoms with van der Waals surface area (Å²) in [5.41, 5.74) is 3.17. The van der Waals surface area contributed by atoms with Crippen molar-refractivity contribution in [3.63, 3.8) is 0 Å². The number of rotatable bonds is 4. The Morgan fingerprint density at radius 1 is 1.33 bits per heavy atom.